The van der Waals surface area contributed by atoms with Crippen LogP contribution in [0.5, 0.6) is 0 Å². The predicted molar refractivity (Wildman–Crippen MR) is 77.1 cm³/mol. The van der Waals surface area contributed by atoms with E-state index in [0.29, 0.717) is 26.2 Å². The highest BCUT2D eigenvalue weighted by Crippen LogP contribution is 2.01. The van der Waals surface area contributed by atoms with Crippen molar-refractivity contribution in [2.75, 3.05) is 52.9 Å². The van der Waals surface area contributed by atoms with Gasteiger partial charge in [-0.1, -0.05) is 0 Å². The number of carbonyl (C=O) groups is 1. The molecule has 1 saturated heterocycles. The SMILES string of the molecule is CN(CC(=O)N(CCC#N)CCC#N)CC1CNCCO1. The van der Waals surface area contributed by atoms with E-state index >= 15 is 0 Å². The number of amides is 1. The molecule has 7 heteroatoms. The zero-order valence-corrected chi connectivity index (χ0v) is 12.5. The van der Waals surface area contributed by atoms with Crippen molar-refractivity contribution in [3.05, 3.63) is 0 Å². The molecule has 7 nitrogen and oxygen atoms in total. The Balaban J connectivity index is 2.39. The lowest BCUT2D eigenvalue weighted by molar-refractivity contribution is -0.132. The van der Waals surface area contributed by atoms with E-state index in [2.05, 4.69) is 5.32 Å². The summed E-state index contributed by atoms with van der Waals surface area (Å²) in [7, 11) is 1.88. The minimum atomic E-state index is -0.0493. The van der Waals surface area contributed by atoms with Gasteiger partial charge in [0.1, 0.15) is 0 Å². The third kappa shape index (κ3) is 7.05. The monoisotopic (exact) mass is 293 g/mol. The number of hydrogen-bond acceptors (Lipinski definition) is 6. The van der Waals surface area contributed by atoms with Gasteiger partial charge in [0.15, 0.2) is 0 Å². The third-order valence-corrected chi connectivity index (χ3v) is 3.26. The lowest BCUT2D eigenvalue weighted by Gasteiger charge is -2.29. The van der Waals surface area contributed by atoms with E-state index in [-0.39, 0.29) is 31.4 Å². The van der Waals surface area contributed by atoms with Crippen LogP contribution in [0, 0.1) is 22.7 Å². The Bertz CT molecular complexity index is 377. The average Bonchev–Trinajstić information content (AvgIpc) is 2.48. The van der Waals surface area contributed by atoms with Crippen LogP contribution in [0.2, 0.25) is 0 Å². The van der Waals surface area contributed by atoms with Gasteiger partial charge in [-0.3, -0.25) is 9.69 Å². The normalized spacial score (nSPS) is 18.0. The molecule has 0 saturated carbocycles. The lowest BCUT2D eigenvalue weighted by atomic mass is 10.2. The first-order valence-electron chi connectivity index (χ1n) is 7.20. The summed E-state index contributed by atoms with van der Waals surface area (Å²) in [4.78, 5) is 15.7. The molecule has 0 spiro atoms. The molecule has 1 heterocycles. The second kappa shape index (κ2) is 10.1. The van der Waals surface area contributed by atoms with Crippen LogP contribution >= 0.6 is 0 Å². The molecule has 1 atom stereocenters. The van der Waals surface area contributed by atoms with Gasteiger partial charge in [0.05, 0.1) is 44.2 Å². The molecule has 1 rings (SSSR count). The van der Waals surface area contributed by atoms with E-state index < -0.39 is 0 Å². The fraction of sp³-hybridized carbons (Fsp3) is 0.786. The molecule has 1 aliphatic heterocycles. The number of ether oxygens (including phenoxy) is 1. The number of nitrogens with one attached hydrogen (secondary N) is 1. The van der Waals surface area contributed by atoms with E-state index in [1.54, 1.807) is 4.90 Å². The maximum absolute atomic E-state index is 12.2. The molecule has 0 radical (unpaired) electrons. The van der Waals surface area contributed by atoms with Gasteiger partial charge < -0.3 is 15.0 Å². The number of carbonyl (C=O) groups excluding carboxylic acids is 1. The summed E-state index contributed by atoms with van der Waals surface area (Å²) in [6, 6.07) is 4.06. The van der Waals surface area contributed by atoms with Crippen molar-refractivity contribution in [1.82, 2.24) is 15.1 Å². The third-order valence-electron chi connectivity index (χ3n) is 3.26. The summed E-state index contributed by atoms with van der Waals surface area (Å²) in [5.41, 5.74) is 0. The van der Waals surface area contributed by atoms with Crippen LogP contribution in [-0.4, -0.2) is 74.7 Å². The zero-order valence-electron chi connectivity index (χ0n) is 12.5. The molecule has 0 aromatic heterocycles. The minimum absolute atomic E-state index is 0.0493. The summed E-state index contributed by atoms with van der Waals surface area (Å²) >= 11 is 0. The van der Waals surface area contributed by atoms with Crippen LogP contribution < -0.4 is 5.32 Å². The fourth-order valence-electron chi connectivity index (χ4n) is 2.21. The number of likely N-dealkylation sites (N-methyl/N-ethyl adjacent to an activating group) is 1. The van der Waals surface area contributed by atoms with Crippen LogP contribution in [-0.2, 0) is 9.53 Å². The van der Waals surface area contributed by atoms with Gasteiger partial charge in [-0.15, -0.1) is 0 Å². The van der Waals surface area contributed by atoms with Crippen molar-refractivity contribution >= 4 is 5.91 Å². The van der Waals surface area contributed by atoms with Crippen LogP contribution in [0.15, 0.2) is 0 Å². The minimum Gasteiger partial charge on any atom is -0.374 e. The fourth-order valence-corrected chi connectivity index (χ4v) is 2.21. The molecular weight excluding hydrogens is 270 g/mol. The molecule has 116 valence electrons. The van der Waals surface area contributed by atoms with Crippen molar-refractivity contribution in [1.29, 1.82) is 10.5 Å². The predicted octanol–water partition coefficient (Wildman–Crippen LogP) is -0.437. The van der Waals surface area contributed by atoms with Gasteiger partial charge in [0.25, 0.3) is 0 Å². The van der Waals surface area contributed by atoms with Crippen LogP contribution in [0.4, 0.5) is 0 Å². The molecule has 1 N–H and O–H groups in total. The highest BCUT2D eigenvalue weighted by Gasteiger charge is 2.19. The molecule has 21 heavy (non-hydrogen) atoms. The number of nitriles is 2. The van der Waals surface area contributed by atoms with Crippen molar-refractivity contribution in [2.24, 2.45) is 0 Å². The first-order valence-corrected chi connectivity index (χ1v) is 7.20. The van der Waals surface area contributed by atoms with Crippen molar-refractivity contribution in [2.45, 2.75) is 18.9 Å². The van der Waals surface area contributed by atoms with Gasteiger partial charge >= 0.3 is 0 Å². The second-order valence-electron chi connectivity index (χ2n) is 5.09. The van der Waals surface area contributed by atoms with Gasteiger partial charge in [-0.25, -0.2) is 0 Å². The molecule has 1 aliphatic rings. The maximum atomic E-state index is 12.2. The van der Waals surface area contributed by atoms with Gasteiger partial charge in [0.2, 0.25) is 5.91 Å². The summed E-state index contributed by atoms with van der Waals surface area (Å²) in [6.45, 7) is 4.09. The Morgan fingerprint density at radius 1 is 1.33 bits per heavy atom. The standard InChI is InChI=1S/C14H23N5O2/c1-18(11-13-10-17-6-9-21-13)12-14(20)19(7-2-4-15)8-3-5-16/h13,17H,2-3,6-12H2,1H3. The van der Waals surface area contributed by atoms with Gasteiger partial charge in [-0.2, -0.15) is 10.5 Å². The highest BCUT2D eigenvalue weighted by molar-refractivity contribution is 5.78. The number of rotatable bonds is 8. The summed E-state index contributed by atoms with van der Waals surface area (Å²) in [6.07, 6.45) is 0.677. The summed E-state index contributed by atoms with van der Waals surface area (Å²) in [5, 5.41) is 20.5. The van der Waals surface area contributed by atoms with E-state index in [1.165, 1.54) is 0 Å². The Morgan fingerprint density at radius 2 is 2.00 bits per heavy atom. The Morgan fingerprint density at radius 3 is 2.52 bits per heavy atom. The summed E-state index contributed by atoms with van der Waals surface area (Å²) < 4.78 is 5.61. The Kier molecular flexibility index (Phi) is 8.37. The van der Waals surface area contributed by atoms with Crippen molar-refractivity contribution < 1.29 is 9.53 Å². The van der Waals surface area contributed by atoms with Crippen molar-refractivity contribution in [3.8, 4) is 12.1 Å². The molecule has 0 aromatic carbocycles. The van der Waals surface area contributed by atoms with Gasteiger partial charge in [-0.05, 0) is 7.05 Å². The van der Waals surface area contributed by atoms with Crippen molar-refractivity contribution in [3.63, 3.8) is 0 Å². The molecular formula is C14H23N5O2. The number of hydrogen-bond donors (Lipinski definition) is 1. The quantitative estimate of drug-likeness (QED) is 0.652. The maximum Gasteiger partial charge on any atom is 0.236 e. The molecule has 0 aliphatic carbocycles. The second-order valence-corrected chi connectivity index (χ2v) is 5.09. The average molecular weight is 293 g/mol. The van der Waals surface area contributed by atoms with Crippen LogP contribution in [0.3, 0.4) is 0 Å². The van der Waals surface area contributed by atoms with E-state index in [9.17, 15) is 4.79 Å². The smallest absolute Gasteiger partial charge is 0.236 e. The molecule has 1 amide bonds. The first-order chi connectivity index (χ1) is 10.2. The molecule has 0 aromatic rings. The van der Waals surface area contributed by atoms with E-state index in [1.807, 2.05) is 24.1 Å². The largest absolute Gasteiger partial charge is 0.374 e. The first kappa shape index (κ1) is 17.4. The highest BCUT2D eigenvalue weighted by atomic mass is 16.5. The van der Waals surface area contributed by atoms with E-state index in [4.69, 9.17) is 15.3 Å². The molecule has 1 fully saturated rings. The summed E-state index contributed by atoms with van der Waals surface area (Å²) in [5.74, 6) is -0.0493. The van der Waals surface area contributed by atoms with Crippen LogP contribution in [0.25, 0.3) is 0 Å². The Labute approximate surface area is 126 Å². The van der Waals surface area contributed by atoms with E-state index in [0.717, 1.165) is 13.1 Å². The molecule has 1 unspecified atom stereocenters. The van der Waals surface area contributed by atoms with Gasteiger partial charge in [0, 0.05) is 32.7 Å². The topological polar surface area (TPSA) is 92.4 Å². The number of nitrogens with zero attached hydrogens (tertiary/aromatic N) is 4. The van der Waals surface area contributed by atoms with Crippen LogP contribution in [0.1, 0.15) is 12.8 Å². The Hall–Kier alpha value is -1.67. The zero-order chi connectivity index (χ0) is 15.5. The number of morpholine rings is 1. The lowest BCUT2D eigenvalue weighted by Crippen LogP contribution is -2.47. The molecule has 0 bridgehead atoms.